The first-order chi connectivity index (χ1) is 6.45. The normalized spacial score (nSPS) is 17.8. The quantitative estimate of drug-likeness (QED) is 0.886. The topological polar surface area (TPSA) is 20.2 Å². The van der Waals surface area contributed by atoms with E-state index in [1.165, 1.54) is 4.88 Å². The van der Waals surface area contributed by atoms with E-state index in [2.05, 4.69) is 35.8 Å². The van der Waals surface area contributed by atoms with Gasteiger partial charge in [-0.05, 0) is 40.9 Å². The zero-order valence-corrected chi connectivity index (χ0v) is 11.3. The molecule has 0 fully saturated rings. The van der Waals surface area contributed by atoms with Gasteiger partial charge in [0.05, 0.1) is 9.39 Å². The van der Waals surface area contributed by atoms with E-state index in [0.29, 0.717) is 5.92 Å². The van der Waals surface area contributed by atoms with E-state index in [-0.39, 0.29) is 0 Å². The molecule has 80 valence electrons. The van der Waals surface area contributed by atoms with Crippen LogP contribution in [0.3, 0.4) is 0 Å². The van der Waals surface area contributed by atoms with Crippen molar-refractivity contribution in [3.8, 4) is 0 Å². The van der Waals surface area contributed by atoms with Crippen LogP contribution in [0.5, 0.6) is 0 Å². The van der Waals surface area contributed by atoms with Gasteiger partial charge in [-0.25, -0.2) is 0 Å². The molecule has 0 saturated carbocycles. The molecule has 0 bridgehead atoms. The molecule has 0 spiro atoms. The average Bonchev–Trinajstić information content (AvgIpc) is 2.48. The van der Waals surface area contributed by atoms with E-state index < -0.39 is 5.60 Å². The van der Waals surface area contributed by atoms with Crippen LogP contribution in [0.1, 0.15) is 32.1 Å². The Hall–Kier alpha value is 0.140. The molecule has 0 saturated heterocycles. The maximum absolute atomic E-state index is 10.2. The summed E-state index contributed by atoms with van der Waals surface area (Å²) < 4.78 is 1.13. The van der Waals surface area contributed by atoms with Crippen molar-refractivity contribution in [1.29, 1.82) is 0 Å². The molecular formula is C11H17BrOS. The number of aliphatic hydroxyl groups is 1. The van der Waals surface area contributed by atoms with Crippen molar-refractivity contribution in [2.75, 3.05) is 0 Å². The highest BCUT2D eigenvalue weighted by molar-refractivity contribution is 9.11. The van der Waals surface area contributed by atoms with Crippen LogP contribution in [0.15, 0.2) is 15.9 Å². The summed E-state index contributed by atoms with van der Waals surface area (Å²) in [5.74, 6) is 0.336. The van der Waals surface area contributed by atoms with Crippen LogP contribution in [0.2, 0.25) is 0 Å². The summed E-state index contributed by atoms with van der Waals surface area (Å²) in [6.45, 7) is 6.14. The first kappa shape index (κ1) is 12.2. The van der Waals surface area contributed by atoms with Gasteiger partial charge in [0.1, 0.15) is 0 Å². The Labute approximate surface area is 98.3 Å². The minimum Gasteiger partial charge on any atom is -0.390 e. The Bertz CT molecular complexity index is 293. The lowest BCUT2D eigenvalue weighted by Crippen LogP contribution is -2.34. The third kappa shape index (κ3) is 3.07. The lowest BCUT2D eigenvalue weighted by atomic mass is 9.85. The van der Waals surface area contributed by atoms with Crippen LogP contribution >= 0.6 is 27.3 Å². The van der Waals surface area contributed by atoms with Gasteiger partial charge in [-0.2, -0.15) is 0 Å². The summed E-state index contributed by atoms with van der Waals surface area (Å²) >= 11 is 5.13. The Morgan fingerprint density at radius 3 is 2.64 bits per heavy atom. The highest BCUT2D eigenvalue weighted by Gasteiger charge is 2.27. The summed E-state index contributed by atoms with van der Waals surface area (Å²) in [6.07, 6.45) is 1.76. The molecular weight excluding hydrogens is 260 g/mol. The number of thiophene rings is 1. The van der Waals surface area contributed by atoms with Crippen molar-refractivity contribution in [2.45, 2.75) is 39.2 Å². The van der Waals surface area contributed by atoms with Crippen molar-refractivity contribution in [1.82, 2.24) is 0 Å². The van der Waals surface area contributed by atoms with Gasteiger partial charge in [0.2, 0.25) is 0 Å². The fourth-order valence-electron chi connectivity index (χ4n) is 1.41. The highest BCUT2D eigenvalue weighted by Crippen LogP contribution is 2.29. The molecule has 2 atom stereocenters. The SMILES string of the molecule is CCC(C)C(C)(O)Cc1ccc(Br)s1. The molecule has 0 aliphatic rings. The van der Waals surface area contributed by atoms with Gasteiger partial charge in [-0.15, -0.1) is 11.3 Å². The number of halogens is 1. The minimum absolute atomic E-state index is 0.336. The van der Waals surface area contributed by atoms with Gasteiger partial charge in [0, 0.05) is 11.3 Å². The fourth-order valence-corrected chi connectivity index (χ4v) is 3.06. The summed E-state index contributed by atoms with van der Waals surface area (Å²) in [5, 5.41) is 10.2. The van der Waals surface area contributed by atoms with Crippen molar-refractivity contribution >= 4 is 27.3 Å². The molecule has 1 aromatic heterocycles. The highest BCUT2D eigenvalue weighted by atomic mass is 79.9. The molecule has 0 aliphatic heterocycles. The average molecular weight is 277 g/mol. The first-order valence-corrected chi connectivity index (χ1v) is 6.53. The van der Waals surface area contributed by atoms with E-state index in [0.717, 1.165) is 16.6 Å². The van der Waals surface area contributed by atoms with Crippen LogP contribution in [-0.4, -0.2) is 10.7 Å². The molecule has 2 unspecified atom stereocenters. The molecule has 1 N–H and O–H groups in total. The molecule has 1 nitrogen and oxygen atoms in total. The Kier molecular flexibility index (Phi) is 4.16. The van der Waals surface area contributed by atoms with E-state index >= 15 is 0 Å². The van der Waals surface area contributed by atoms with Gasteiger partial charge >= 0.3 is 0 Å². The zero-order valence-electron chi connectivity index (χ0n) is 8.88. The van der Waals surface area contributed by atoms with Crippen molar-refractivity contribution < 1.29 is 5.11 Å². The van der Waals surface area contributed by atoms with Crippen LogP contribution in [0.25, 0.3) is 0 Å². The monoisotopic (exact) mass is 276 g/mol. The van der Waals surface area contributed by atoms with Crippen molar-refractivity contribution in [3.05, 3.63) is 20.8 Å². The summed E-state index contributed by atoms with van der Waals surface area (Å²) in [6, 6.07) is 4.11. The Morgan fingerprint density at radius 2 is 2.21 bits per heavy atom. The lowest BCUT2D eigenvalue weighted by Gasteiger charge is -2.29. The Balaban J connectivity index is 2.67. The fraction of sp³-hybridized carbons (Fsp3) is 0.636. The molecule has 1 aromatic rings. The van der Waals surface area contributed by atoms with Crippen LogP contribution in [0.4, 0.5) is 0 Å². The second-order valence-corrected chi connectivity index (χ2v) is 6.60. The maximum Gasteiger partial charge on any atom is 0.0701 e. The number of hydrogen-bond acceptors (Lipinski definition) is 2. The first-order valence-electron chi connectivity index (χ1n) is 4.92. The van der Waals surface area contributed by atoms with E-state index in [4.69, 9.17) is 0 Å². The van der Waals surface area contributed by atoms with Gasteiger partial charge < -0.3 is 5.11 Å². The third-order valence-electron chi connectivity index (χ3n) is 2.84. The minimum atomic E-state index is -0.584. The molecule has 1 rings (SSSR count). The van der Waals surface area contributed by atoms with Gasteiger partial charge in [-0.3, -0.25) is 0 Å². The number of rotatable bonds is 4. The van der Waals surface area contributed by atoms with Crippen LogP contribution in [-0.2, 0) is 6.42 Å². The van der Waals surface area contributed by atoms with Crippen molar-refractivity contribution in [2.24, 2.45) is 5.92 Å². The van der Waals surface area contributed by atoms with Crippen LogP contribution in [0, 0.1) is 5.92 Å². The smallest absolute Gasteiger partial charge is 0.0701 e. The van der Waals surface area contributed by atoms with E-state index in [9.17, 15) is 5.11 Å². The number of hydrogen-bond donors (Lipinski definition) is 1. The maximum atomic E-state index is 10.2. The second-order valence-electron chi connectivity index (χ2n) is 4.05. The predicted octanol–water partition coefficient (Wildman–Crippen LogP) is 3.85. The molecule has 1 heterocycles. The molecule has 14 heavy (non-hydrogen) atoms. The zero-order chi connectivity index (χ0) is 10.8. The van der Waals surface area contributed by atoms with Crippen LogP contribution < -0.4 is 0 Å². The molecule has 0 aromatic carbocycles. The largest absolute Gasteiger partial charge is 0.390 e. The summed E-state index contributed by atoms with van der Waals surface area (Å²) in [4.78, 5) is 1.24. The predicted molar refractivity (Wildman–Crippen MR) is 65.8 cm³/mol. The van der Waals surface area contributed by atoms with Gasteiger partial charge in [0.15, 0.2) is 0 Å². The van der Waals surface area contributed by atoms with Crippen molar-refractivity contribution in [3.63, 3.8) is 0 Å². The molecule has 3 heteroatoms. The molecule has 0 amide bonds. The third-order valence-corrected chi connectivity index (χ3v) is 4.46. The van der Waals surface area contributed by atoms with E-state index in [1.807, 2.05) is 13.0 Å². The standard InChI is InChI=1S/C11H17BrOS/c1-4-8(2)11(3,13)7-9-5-6-10(12)14-9/h5-6,8,13H,4,7H2,1-3H3. The molecule has 0 aliphatic carbocycles. The molecule has 0 radical (unpaired) electrons. The van der Waals surface area contributed by atoms with Gasteiger partial charge in [-0.1, -0.05) is 20.3 Å². The second kappa shape index (κ2) is 4.77. The van der Waals surface area contributed by atoms with Gasteiger partial charge in [0.25, 0.3) is 0 Å². The Morgan fingerprint density at radius 1 is 1.57 bits per heavy atom. The van der Waals surface area contributed by atoms with E-state index in [1.54, 1.807) is 11.3 Å². The summed E-state index contributed by atoms with van der Waals surface area (Å²) in [7, 11) is 0. The lowest BCUT2D eigenvalue weighted by molar-refractivity contribution is 0.00588. The summed E-state index contributed by atoms with van der Waals surface area (Å²) in [5.41, 5.74) is -0.584.